The first-order valence-corrected chi connectivity index (χ1v) is 6.68. The number of ether oxygens (including phenoxy) is 1. The highest BCUT2D eigenvalue weighted by atomic mass is 16.5. The van der Waals surface area contributed by atoms with Gasteiger partial charge in [0.05, 0.1) is 7.11 Å². The van der Waals surface area contributed by atoms with Crippen LogP contribution >= 0.6 is 0 Å². The van der Waals surface area contributed by atoms with Gasteiger partial charge in [-0.05, 0) is 31.4 Å². The molecular weight excluding hydrogens is 254 g/mol. The van der Waals surface area contributed by atoms with Crippen molar-refractivity contribution in [1.29, 1.82) is 0 Å². The molecule has 1 atom stereocenters. The lowest BCUT2D eigenvalue weighted by Gasteiger charge is -2.32. The minimum Gasteiger partial charge on any atom is -0.467 e. The van der Waals surface area contributed by atoms with E-state index in [2.05, 4.69) is 11.8 Å². The number of carbonyl (C=O) groups is 2. The SMILES string of the molecule is COC(=O)[C@H]1CCCCN1C(=O)C#Cc1ccccc1. The van der Waals surface area contributed by atoms with Crippen LogP contribution in [0.3, 0.4) is 0 Å². The number of hydrogen-bond acceptors (Lipinski definition) is 3. The quantitative estimate of drug-likeness (QED) is 0.575. The molecule has 1 saturated heterocycles. The zero-order chi connectivity index (χ0) is 14.4. The molecule has 0 radical (unpaired) electrons. The van der Waals surface area contributed by atoms with Crippen molar-refractivity contribution in [2.75, 3.05) is 13.7 Å². The first-order valence-electron chi connectivity index (χ1n) is 6.68. The van der Waals surface area contributed by atoms with Gasteiger partial charge >= 0.3 is 5.97 Å². The number of likely N-dealkylation sites (tertiary alicyclic amines) is 1. The van der Waals surface area contributed by atoms with Gasteiger partial charge in [0.1, 0.15) is 6.04 Å². The number of hydrogen-bond donors (Lipinski definition) is 0. The summed E-state index contributed by atoms with van der Waals surface area (Å²) in [5.74, 6) is 4.76. The lowest BCUT2D eigenvalue weighted by Crippen LogP contribution is -2.48. The molecular formula is C16H17NO3. The molecule has 0 unspecified atom stereocenters. The standard InChI is InChI=1S/C16H17NO3/c1-20-16(19)14-9-5-6-12-17(14)15(18)11-10-13-7-3-2-4-8-13/h2-4,7-8,14H,5-6,9,12H2,1H3/t14-/m1/s1. The van der Waals surface area contributed by atoms with Crippen molar-refractivity contribution >= 4 is 11.9 Å². The number of piperidine rings is 1. The number of esters is 1. The highest BCUT2D eigenvalue weighted by molar-refractivity contribution is 5.96. The van der Waals surface area contributed by atoms with Crippen LogP contribution in [-0.2, 0) is 14.3 Å². The maximum absolute atomic E-state index is 12.1. The maximum Gasteiger partial charge on any atom is 0.328 e. The van der Waals surface area contributed by atoms with Gasteiger partial charge in [-0.15, -0.1) is 0 Å². The summed E-state index contributed by atoms with van der Waals surface area (Å²) in [6.07, 6.45) is 2.47. The van der Waals surface area contributed by atoms with Gasteiger partial charge in [0, 0.05) is 18.0 Å². The minimum absolute atomic E-state index is 0.316. The topological polar surface area (TPSA) is 46.6 Å². The Hall–Kier alpha value is -2.28. The van der Waals surface area contributed by atoms with Crippen LogP contribution in [0.15, 0.2) is 30.3 Å². The third-order valence-corrected chi connectivity index (χ3v) is 3.32. The Labute approximate surface area is 118 Å². The van der Waals surface area contributed by atoms with Crippen molar-refractivity contribution in [3.8, 4) is 11.8 Å². The van der Waals surface area contributed by atoms with E-state index >= 15 is 0 Å². The summed E-state index contributed by atoms with van der Waals surface area (Å²) in [7, 11) is 1.34. The molecule has 2 rings (SSSR count). The minimum atomic E-state index is -0.494. The van der Waals surface area contributed by atoms with E-state index in [0.717, 1.165) is 18.4 Å². The highest BCUT2D eigenvalue weighted by Crippen LogP contribution is 2.18. The van der Waals surface area contributed by atoms with Crippen LogP contribution in [0.4, 0.5) is 0 Å². The third kappa shape index (κ3) is 3.39. The van der Waals surface area contributed by atoms with Gasteiger partial charge in [0.2, 0.25) is 0 Å². The van der Waals surface area contributed by atoms with E-state index in [4.69, 9.17) is 4.74 Å². The normalized spacial score (nSPS) is 17.9. The van der Waals surface area contributed by atoms with E-state index in [9.17, 15) is 9.59 Å². The van der Waals surface area contributed by atoms with Crippen LogP contribution in [0.2, 0.25) is 0 Å². The van der Waals surface area contributed by atoms with Crippen molar-refractivity contribution in [3.05, 3.63) is 35.9 Å². The summed E-state index contributed by atoms with van der Waals surface area (Å²) in [6.45, 7) is 0.558. The van der Waals surface area contributed by atoms with Crippen molar-refractivity contribution in [2.24, 2.45) is 0 Å². The maximum atomic E-state index is 12.1. The van der Waals surface area contributed by atoms with E-state index < -0.39 is 6.04 Å². The second kappa shape index (κ2) is 6.76. The Morgan fingerprint density at radius 1 is 1.25 bits per heavy atom. The van der Waals surface area contributed by atoms with Crippen LogP contribution in [0.25, 0.3) is 0 Å². The van der Waals surface area contributed by atoms with Gasteiger partial charge in [-0.1, -0.05) is 24.1 Å². The lowest BCUT2D eigenvalue weighted by molar-refractivity contribution is -0.152. The number of benzene rings is 1. The molecule has 1 aromatic rings. The Balaban J connectivity index is 2.11. The summed E-state index contributed by atoms with van der Waals surface area (Å²) < 4.78 is 4.75. The molecule has 1 fully saturated rings. The predicted octanol–water partition coefficient (Wildman–Crippen LogP) is 1.59. The third-order valence-electron chi connectivity index (χ3n) is 3.32. The highest BCUT2D eigenvalue weighted by Gasteiger charge is 2.32. The molecule has 0 spiro atoms. The molecule has 4 nitrogen and oxygen atoms in total. The van der Waals surface area contributed by atoms with E-state index in [1.807, 2.05) is 30.3 Å². The molecule has 1 aromatic carbocycles. The fourth-order valence-electron chi connectivity index (χ4n) is 2.27. The molecule has 1 heterocycles. The summed E-state index contributed by atoms with van der Waals surface area (Å²) in [6, 6.07) is 8.82. The second-order valence-electron chi connectivity index (χ2n) is 4.65. The molecule has 104 valence electrons. The van der Waals surface area contributed by atoms with E-state index in [-0.39, 0.29) is 11.9 Å². The molecule has 20 heavy (non-hydrogen) atoms. The number of carbonyl (C=O) groups excluding carboxylic acids is 2. The predicted molar refractivity (Wildman–Crippen MR) is 74.7 cm³/mol. The fraction of sp³-hybridized carbons (Fsp3) is 0.375. The molecule has 0 aliphatic carbocycles. The van der Waals surface area contributed by atoms with Crippen LogP contribution in [0.5, 0.6) is 0 Å². The van der Waals surface area contributed by atoms with Crippen molar-refractivity contribution in [3.63, 3.8) is 0 Å². The van der Waals surface area contributed by atoms with E-state index in [0.29, 0.717) is 13.0 Å². The zero-order valence-electron chi connectivity index (χ0n) is 11.5. The largest absolute Gasteiger partial charge is 0.467 e. The number of nitrogens with zero attached hydrogens (tertiary/aromatic N) is 1. The van der Waals surface area contributed by atoms with Crippen molar-refractivity contribution in [2.45, 2.75) is 25.3 Å². The Bertz CT molecular complexity index is 542. The lowest BCUT2D eigenvalue weighted by atomic mass is 10.0. The summed E-state index contributed by atoms with van der Waals surface area (Å²) >= 11 is 0. The van der Waals surface area contributed by atoms with Crippen molar-refractivity contribution < 1.29 is 14.3 Å². The first kappa shape index (κ1) is 14.1. The average molecular weight is 271 g/mol. The summed E-state index contributed by atoms with van der Waals surface area (Å²) in [5, 5.41) is 0. The first-order chi connectivity index (χ1) is 9.72. The monoisotopic (exact) mass is 271 g/mol. The summed E-state index contributed by atoms with van der Waals surface area (Å²) in [5.41, 5.74) is 0.785. The second-order valence-corrected chi connectivity index (χ2v) is 4.65. The van der Waals surface area contributed by atoms with Gasteiger partial charge in [-0.3, -0.25) is 4.79 Å². The van der Waals surface area contributed by atoms with E-state index in [1.54, 1.807) is 0 Å². The van der Waals surface area contributed by atoms with Crippen molar-refractivity contribution in [1.82, 2.24) is 4.90 Å². The van der Waals surface area contributed by atoms with E-state index in [1.165, 1.54) is 12.0 Å². The molecule has 1 aliphatic rings. The molecule has 4 heteroatoms. The Morgan fingerprint density at radius 2 is 2.00 bits per heavy atom. The molecule has 1 amide bonds. The molecule has 0 N–H and O–H groups in total. The molecule has 0 saturated carbocycles. The van der Waals surface area contributed by atoms with Crippen LogP contribution in [0, 0.1) is 11.8 Å². The fourth-order valence-corrected chi connectivity index (χ4v) is 2.27. The number of rotatable bonds is 1. The van der Waals surface area contributed by atoms with Gasteiger partial charge in [-0.2, -0.15) is 0 Å². The molecule has 0 aromatic heterocycles. The smallest absolute Gasteiger partial charge is 0.328 e. The zero-order valence-corrected chi connectivity index (χ0v) is 11.5. The van der Waals surface area contributed by atoms with Crippen LogP contribution in [-0.4, -0.2) is 36.5 Å². The van der Waals surface area contributed by atoms with Crippen LogP contribution in [0.1, 0.15) is 24.8 Å². The molecule has 0 bridgehead atoms. The van der Waals surface area contributed by atoms with Gasteiger partial charge < -0.3 is 9.64 Å². The number of methoxy groups -OCH3 is 1. The van der Waals surface area contributed by atoms with Gasteiger partial charge in [-0.25, -0.2) is 4.79 Å². The van der Waals surface area contributed by atoms with Gasteiger partial charge in [0.25, 0.3) is 5.91 Å². The van der Waals surface area contributed by atoms with Crippen LogP contribution < -0.4 is 0 Å². The summed E-state index contributed by atoms with van der Waals surface area (Å²) in [4.78, 5) is 25.4. The molecule has 1 aliphatic heterocycles. The number of amides is 1. The Kier molecular flexibility index (Phi) is 4.78. The van der Waals surface area contributed by atoms with Gasteiger partial charge in [0.15, 0.2) is 0 Å². The average Bonchev–Trinajstić information content (AvgIpc) is 2.52. The Morgan fingerprint density at radius 3 is 2.70 bits per heavy atom.